The summed E-state index contributed by atoms with van der Waals surface area (Å²) in [7, 11) is -3.28. The second kappa shape index (κ2) is 9.72. The molecule has 1 N–H and O–H groups in total. The van der Waals surface area contributed by atoms with Crippen molar-refractivity contribution in [1.82, 2.24) is 9.71 Å². The summed E-state index contributed by atoms with van der Waals surface area (Å²) in [5.41, 5.74) is 1.43. The van der Waals surface area contributed by atoms with Gasteiger partial charge in [0.25, 0.3) is 0 Å². The zero-order valence-corrected chi connectivity index (χ0v) is 20.2. The number of aromatic nitrogens is 1. The quantitative estimate of drug-likeness (QED) is 0.661. The Labute approximate surface area is 197 Å². The van der Waals surface area contributed by atoms with Gasteiger partial charge >= 0.3 is 0 Å². The molecule has 0 radical (unpaired) electrons. The summed E-state index contributed by atoms with van der Waals surface area (Å²) in [5, 5.41) is 0. The van der Waals surface area contributed by atoms with E-state index in [1.54, 1.807) is 0 Å². The van der Waals surface area contributed by atoms with E-state index >= 15 is 0 Å². The van der Waals surface area contributed by atoms with Crippen LogP contribution in [-0.2, 0) is 14.8 Å². The van der Waals surface area contributed by atoms with Crippen molar-refractivity contribution in [3.63, 3.8) is 0 Å². The second-order valence-electron chi connectivity index (χ2n) is 10.0. The van der Waals surface area contributed by atoms with Crippen molar-refractivity contribution in [3.05, 3.63) is 60.3 Å². The van der Waals surface area contributed by atoms with Crippen LogP contribution in [0.2, 0.25) is 0 Å². The van der Waals surface area contributed by atoms with Crippen LogP contribution < -0.4 is 9.62 Å². The van der Waals surface area contributed by atoms with Crippen molar-refractivity contribution in [3.8, 4) is 0 Å². The fourth-order valence-corrected chi connectivity index (χ4v) is 7.16. The molecular formula is C26H35N3O3S. The lowest BCUT2D eigenvalue weighted by molar-refractivity contribution is -0.00899. The molecule has 1 aromatic carbocycles. The van der Waals surface area contributed by atoms with Gasteiger partial charge in [-0.2, -0.15) is 0 Å². The molecule has 3 fully saturated rings. The molecule has 2 saturated heterocycles. The molecule has 1 aliphatic carbocycles. The van der Waals surface area contributed by atoms with E-state index in [9.17, 15) is 8.42 Å². The minimum Gasteiger partial charge on any atom is -0.378 e. The van der Waals surface area contributed by atoms with Gasteiger partial charge in [0.2, 0.25) is 10.0 Å². The second-order valence-corrected chi connectivity index (χ2v) is 11.8. The molecular weight excluding hydrogens is 434 g/mol. The van der Waals surface area contributed by atoms with Crippen LogP contribution in [0.3, 0.4) is 0 Å². The number of anilines is 1. The van der Waals surface area contributed by atoms with E-state index in [4.69, 9.17) is 4.74 Å². The zero-order valence-electron chi connectivity index (χ0n) is 19.3. The highest BCUT2D eigenvalue weighted by atomic mass is 32.2. The van der Waals surface area contributed by atoms with E-state index in [1.807, 2.05) is 18.3 Å². The molecule has 3 heterocycles. The van der Waals surface area contributed by atoms with Crippen molar-refractivity contribution >= 4 is 15.8 Å². The van der Waals surface area contributed by atoms with Gasteiger partial charge < -0.3 is 9.64 Å². The van der Waals surface area contributed by atoms with Gasteiger partial charge in [-0.1, -0.05) is 36.4 Å². The SMILES string of the molecule is CS(=O)(=O)NC1CC2CCC(C1COC1CCC(c3ccccc3)CC1)N2c1ccccn1. The summed E-state index contributed by atoms with van der Waals surface area (Å²) in [6.07, 6.45) is 10.7. The first-order valence-corrected chi connectivity index (χ1v) is 14.2. The highest BCUT2D eigenvalue weighted by molar-refractivity contribution is 7.88. The third-order valence-corrected chi connectivity index (χ3v) is 8.56. The predicted molar refractivity (Wildman–Crippen MR) is 131 cm³/mol. The largest absolute Gasteiger partial charge is 0.378 e. The fraction of sp³-hybridized carbons (Fsp3) is 0.577. The summed E-state index contributed by atoms with van der Waals surface area (Å²) in [4.78, 5) is 7.04. The average Bonchev–Trinajstić information content (AvgIpc) is 3.15. The molecule has 1 aromatic heterocycles. The maximum atomic E-state index is 12.1. The Morgan fingerprint density at radius 2 is 1.76 bits per heavy atom. The van der Waals surface area contributed by atoms with Gasteiger partial charge in [0.05, 0.1) is 19.0 Å². The topological polar surface area (TPSA) is 71.5 Å². The molecule has 178 valence electrons. The Morgan fingerprint density at radius 3 is 2.45 bits per heavy atom. The van der Waals surface area contributed by atoms with Crippen LogP contribution in [0, 0.1) is 5.92 Å². The zero-order chi connectivity index (χ0) is 22.8. The van der Waals surface area contributed by atoms with Crippen molar-refractivity contribution in [1.29, 1.82) is 0 Å². The normalized spacial score (nSPS) is 32.1. The number of hydrogen-bond donors (Lipinski definition) is 1. The van der Waals surface area contributed by atoms with Crippen LogP contribution in [-0.4, -0.2) is 50.5 Å². The highest BCUT2D eigenvalue weighted by Gasteiger charge is 2.48. The number of benzene rings is 1. The first kappa shape index (κ1) is 22.8. The Balaban J connectivity index is 1.26. The molecule has 2 aromatic rings. The summed E-state index contributed by atoms with van der Waals surface area (Å²) < 4.78 is 33.7. The van der Waals surface area contributed by atoms with Crippen molar-refractivity contribution in [2.45, 2.75) is 75.1 Å². The summed E-state index contributed by atoms with van der Waals surface area (Å²) in [6, 6.07) is 17.3. The van der Waals surface area contributed by atoms with E-state index in [2.05, 4.69) is 51.0 Å². The van der Waals surface area contributed by atoms with Gasteiger partial charge in [-0.3, -0.25) is 0 Å². The number of ether oxygens (including phenoxy) is 1. The molecule has 2 bridgehead atoms. The van der Waals surface area contributed by atoms with Gasteiger partial charge in [-0.05, 0) is 68.6 Å². The predicted octanol–water partition coefficient (Wildman–Crippen LogP) is 4.10. The Kier molecular flexibility index (Phi) is 6.72. The van der Waals surface area contributed by atoms with Gasteiger partial charge in [-0.25, -0.2) is 18.1 Å². The molecule has 33 heavy (non-hydrogen) atoms. The van der Waals surface area contributed by atoms with Crippen molar-refractivity contribution in [2.24, 2.45) is 5.92 Å². The molecule has 3 aliphatic rings. The number of sulfonamides is 1. The van der Waals surface area contributed by atoms with Gasteiger partial charge in [0, 0.05) is 30.2 Å². The number of hydrogen-bond acceptors (Lipinski definition) is 5. The molecule has 2 aliphatic heterocycles. The van der Waals surface area contributed by atoms with Gasteiger partial charge in [-0.15, -0.1) is 0 Å². The fourth-order valence-electron chi connectivity index (χ4n) is 6.34. The lowest BCUT2D eigenvalue weighted by atomic mass is 9.82. The van der Waals surface area contributed by atoms with Crippen molar-refractivity contribution in [2.75, 3.05) is 17.8 Å². The van der Waals surface area contributed by atoms with Gasteiger partial charge in [0.15, 0.2) is 0 Å². The molecule has 5 rings (SSSR count). The van der Waals surface area contributed by atoms with Crippen LogP contribution >= 0.6 is 0 Å². The monoisotopic (exact) mass is 469 g/mol. The van der Waals surface area contributed by atoms with E-state index in [0.717, 1.165) is 50.8 Å². The van der Waals surface area contributed by atoms with Crippen LogP contribution in [0.25, 0.3) is 0 Å². The maximum absolute atomic E-state index is 12.1. The lowest BCUT2D eigenvalue weighted by Crippen LogP contribution is -2.58. The van der Waals surface area contributed by atoms with Crippen LogP contribution in [0.15, 0.2) is 54.7 Å². The van der Waals surface area contributed by atoms with Crippen molar-refractivity contribution < 1.29 is 13.2 Å². The van der Waals surface area contributed by atoms with Gasteiger partial charge in [0.1, 0.15) is 5.82 Å². The molecule has 6 nitrogen and oxygen atoms in total. The number of pyridine rings is 1. The third-order valence-electron chi connectivity index (χ3n) is 7.83. The third kappa shape index (κ3) is 5.26. The highest BCUT2D eigenvalue weighted by Crippen LogP contribution is 2.42. The minimum atomic E-state index is -3.28. The number of piperidine rings is 1. The minimum absolute atomic E-state index is 0.0851. The smallest absolute Gasteiger partial charge is 0.208 e. The standard InChI is InChI=1S/C26H35N3O3S/c1-33(30,31)28-24-17-21-12-15-25(29(21)26-9-5-6-16-27-26)23(24)18-32-22-13-10-20(11-14-22)19-7-3-2-4-8-19/h2-9,16,20-25,28H,10-15,17-18H2,1H3. The van der Waals surface area contributed by atoms with E-state index in [-0.39, 0.29) is 24.1 Å². The average molecular weight is 470 g/mol. The summed E-state index contributed by atoms with van der Waals surface area (Å²) in [5.74, 6) is 1.74. The number of rotatable bonds is 7. The first-order valence-electron chi connectivity index (χ1n) is 12.3. The molecule has 1 saturated carbocycles. The number of nitrogens with one attached hydrogen (secondary N) is 1. The van der Waals surface area contributed by atoms with Crippen LogP contribution in [0.1, 0.15) is 56.4 Å². The van der Waals surface area contributed by atoms with E-state index < -0.39 is 10.0 Å². The Bertz CT molecular complexity index is 1010. The Morgan fingerprint density at radius 1 is 1.00 bits per heavy atom. The van der Waals surface area contributed by atoms with Crippen LogP contribution in [0.5, 0.6) is 0 Å². The molecule has 4 unspecified atom stereocenters. The summed E-state index contributed by atoms with van der Waals surface area (Å²) in [6.45, 7) is 0.592. The van der Waals surface area contributed by atoms with Crippen LogP contribution in [0.4, 0.5) is 5.82 Å². The molecule has 4 atom stereocenters. The lowest BCUT2D eigenvalue weighted by Gasteiger charge is -2.45. The molecule has 0 spiro atoms. The number of nitrogens with zero attached hydrogens (tertiary/aromatic N) is 2. The molecule has 0 amide bonds. The van der Waals surface area contributed by atoms with E-state index in [0.29, 0.717) is 18.6 Å². The summed E-state index contributed by atoms with van der Waals surface area (Å²) >= 11 is 0. The maximum Gasteiger partial charge on any atom is 0.208 e. The van der Waals surface area contributed by atoms with E-state index in [1.165, 1.54) is 11.8 Å². The first-order chi connectivity index (χ1) is 16.0. The molecule has 7 heteroatoms. The Hall–Kier alpha value is -1.96. The number of fused-ring (bicyclic) bond motifs is 2.